The van der Waals surface area contributed by atoms with E-state index < -0.39 is 162 Å². The maximum absolute atomic E-state index is 14.9. The molecule has 1 aliphatic carbocycles. The number of esters is 4. The maximum atomic E-state index is 14.9. The van der Waals surface area contributed by atoms with Crippen LogP contribution < -0.4 is 0 Å². The highest BCUT2D eigenvalue weighted by molar-refractivity contribution is 7.47. The molecule has 0 bridgehead atoms. The first-order valence-corrected chi connectivity index (χ1v) is 50.5. The number of ether oxygens (including phenoxy) is 8. The smallest absolute Gasteiger partial charge is 0.463 e. The van der Waals surface area contributed by atoms with Gasteiger partial charge < -0.3 is 88.7 Å². The van der Waals surface area contributed by atoms with Gasteiger partial charge in [0.25, 0.3) is 0 Å². The molecule has 2 aliphatic heterocycles. The van der Waals surface area contributed by atoms with E-state index in [-0.39, 0.29) is 25.7 Å². The third-order valence-corrected chi connectivity index (χ3v) is 25.1. The number of allylic oxidation sites excluding steroid dienone is 4. The lowest BCUT2D eigenvalue weighted by Gasteiger charge is -2.50. The number of rotatable bonds is 79. The molecule has 10 N–H and O–H groups in total. The molecular weight excluding hydrogens is 1570 g/mol. The van der Waals surface area contributed by atoms with Gasteiger partial charge in [-0.25, -0.2) is 4.57 Å². The Labute approximate surface area is 730 Å². The summed E-state index contributed by atoms with van der Waals surface area (Å²) in [6.07, 6.45) is 32.9. The minimum Gasteiger partial charge on any atom is -0.463 e. The van der Waals surface area contributed by atoms with Crippen molar-refractivity contribution in [2.75, 3.05) is 26.4 Å². The van der Waals surface area contributed by atoms with E-state index in [1.54, 1.807) is 0 Å². The van der Waals surface area contributed by atoms with Crippen LogP contribution in [-0.4, -0.2) is 205 Å². The summed E-state index contributed by atoms with van der Waals surface area (Å²) in [5.41, 5.74) is 0. The highest BCUT2D eigenvalue weighted by Gasteiger charge is 2.60. The van der Waals surface area contributed by atoms with Crippen LogP contribution in [0.25, 0.3) is 0 Å². The predicted octanol–water partition coefficient (Wildman–Crippen LogP) is 18.7. The molecule has 0 aromatic carbocycles. The van der Waals surface area contributed by atoms with Crippen LogP contribution >= 0.6 is 7.82 Å². The summed E-state index contributed by atoms with van der Waals surface area (Å²) in [6, 6.07) is 0. The maximum Gasteiger partial charge on any atom is 0.472 e. The van der Waals surface area contributed by atoms with E-state index in [4.69, 9.17) is 46.9 Å². The van der Waals surface area contributed by atoms with Crippen molar-refractivity contribution >= 4 is 31.7 Å². The quantitative estimate of drug-likeness (QED) is 0.00889. The van der Waals surface area contributed by atoms with Crippen molar-refractivity contribution in [1.29, 1.82) is 0 Å². The lowest BCUT2D eigenvalue weighted by molar-refractivity contribution is -0.360. The second kappa shape index (κ2) is 72.8. The number of phosphoric acid groups is 1. The highest BCUT2D eigenvalue weighted by Crippen LogP contribution is 2.49. The van der Waals surface area contributed by atoms with Crippen molar-refractivity contribution in [2.45, 2.75) is 524 Å². The Balaban J connectivity index is 1.91. The second-order valence-corrected chi connectivity index (χ2v) is 36.6. The molecule has 3 aliphatic rings. The number of carbonyl (C=O) groups excluding carboxylic acids is 4. The lowest BCUT2D eigenvalue weighted by Crippen LogP contribution is -2.70. The van der Waals surface area contributed by atoms with Crippen LogP contribution in [-0.2, 0) is 70.7 Å². The Hall–Kier alpha value is -3.05. The number of hydrogen-bond donors (Lipinski definition) is 10. The number of phosphoric ester groups is 1. The Morgan fingerprint density at radius 3 is 1.07 bits per heavy atom. The summed E-state index contributed by atoms with van der Waals surface area (Å²) >= 11 is 0. The van der Waals surface area contributed by atoms with Crippen molar-refractivity contribution in [2.24, 2.45) is 5.92 Å². The molecular formula is C95H175O25P. The Kier molecular flexibility index (Phi) is 67.5. The monoisotopic (exact) mass is 1750 g/mol. The fourth-order valence-corrected chi connectivity index (χ4v) is 17.2. The SMILES string of the molecule is CCCCCC/C=C\CCCCCCCCCC(=O)OC(COC(=O)CCCCCCCCCCCCCCCCCC)COP(=O)(O)OC1C(OC2OC(CO)C(O)C(O)C2O)C(O)C(O)C(OC(=O)CCCCCCCCC/C=C\CCCCCC)C1OC1OC(COC(=O)CCCCCCCCC(C)CCCCCCCC)C(O)C(O)C1O. The van der Waals surface area contributed by atoms with Crippen molar-refractivity contribution in [3.05, 3.63) is 24.3 Å². The number of aliphatic hydroxyl groups excluding tert-OH is 9. The molecule has 0 radical (unpaired) electrons. The Bertz CT molecular complexity index is 2620. The van der Waals surface area contributed by atoms with Crippen LogP contribution in [0.2, 0.25) is 0 Å². The summed E-state index contributed by atoms with van der Waals surface area (Å²) in [5.74, 6) is -2.28. The van der Waals surface area contributed by atoms with Gasteiger partial charge in [-0.1, -0.05) is 341 Å². The normalized spacial score (nSPS) is 25.0. The van der Waals surface area contributed by atoms with E-state index in [9.17, 15) is 74.6 Å². The van der Waals surface area contributed by atoms with Crippen LogP contribution in [0, 0.1) is 5.92 Å². The first-order valence-electron chi connectivity index (χ1n) is 49.0. The minimum atomic E-state index is -5.81. The van der Waals surface area contributed by atoms with Crippen LogP contribution in [0.1, 0.15) is 420 Å². The average molecular weight is 1750 g/mol. The van der Waals surface area contributed by atoms with Crippen LogP contribution in [0.4, 0.5) is 0 Å². The molecule has 2 saturated heterocycles. The molecule has 26 heteroatoms. The highest BCUT2D eigenvalue weighted by atomic mass is 31.2. The van der Waals surface area contributed by atoms with Crippen molar-refractivity contribution < 1.29 is 122 Å². The number of unbranched alkanes of at least 4 members (excludes halogenated alkanes) is 47. The fourth-order valence-electron chi connectivity index (χ4n) is 16.2. The van der Waals surface area contributed by atoms with Crippen molar-refractivity contribution in [3.8, 4) is 0 Å². The van der Waals surface area contributed by atoms with Gasteiger partial charge in [0.1, 0.15) is 92.6 Å². The molecule has 0 aromatic rings. The van der Waals surface area contributed by atoms with Gasteiger partial charge in [-0.15, -0.1) is 0 Å². The summed E-state index contributed by atoms with van der Waals surface area (Å²) in [4.78, 5) is 66.6. The zero-order valence-electron chi connectivity index (χ0n) is 76.0. The summed E-state index contributed by atoms with van der Waals surface area (Å²) in [6.45, 7) is 7.93. The van der Waals surface area contributed by atoms with Gasteiger partial charge in [0, 0.05) is 25.7 Å². The zero-order chi connectivity index (χ0) is 88.4. The van der Waals surface area contributed by atoms with Crippen LogP contribution in [0.5, 0.6) is 0 Å². The average Bonchev–Trinajstić information content (AvgIpc) is 0.755. The molecule has 0 spiro atoms. The topological polar surface area (TPSA) is 380 Å². The van der Waals surface area contributed by atoms with Crippen LogP contribution in [0.15, 0.2) is 24.3 Å². The first-order chi connectivity index (χ1) is 58.6. The number of hydrogen-bond acceptors (Lipinski definition) is 24. The summed E-state index contributed by atoms with van der Waals surface area (Å²) < 4.78 is 73.6. The first kappa shape index (κ1) is 112. The van der Waals surface area contributed by atoms with Crippen molar-refractivity contribution in [3.63, 3.8) is 0 Å². The van der Waals surface area contributed by atoms with Crippen LogP contribution in [0.3, 0.4) is 0 Å². The molecule has 0 amide bonds. The van der Waals surface area contributed by atoms with E-state index in [2.05, 4.69) is 58.9 Å². The van der Waals surface area contributed by atoms with E-state index in [1.807, 2.05) is 0 Å². The molecule has 1 saturated carbocycles. The van der Waals surface area contributed by atoms with Crippen molar-refractivity contribution in [1.82, 2.24) is 0 Å². The van der Waals surface area contributed by atoms with E-state index in [0.717, 1.165) is 154 Å². The molecule has 25 nitrogen and oxygen atoms in total. The summed E-state index contributed by atoms with van der Waals surface area (Å²) in [7, 11) is -5.81. The zero-order valence-corrected chi connectivity index (χ0v) is 76.9. The standard InChI is InChI=1S/C95H175O25P/c1-6-10-14-18-22-25-28-31-34-37-38-41-44-47-54-60-66-78(97)111-71-75(114-80(99)68-62-56-48-45-42-39-35-32-29-26-23-19-15-11-7-2)72-113-121(109,110)120-93-91(118-94-88(107)84(103)82(101)76(70-96)115-94)87(106)86(105)90(117-81(100)69-63-57-49-46-43-40-36-33-30-27-24-20-16-12-8-3)92(93)119-95-89(108)85(104)83(102)77(116-95)73-112-79(98)67-61-55-51-50-53-59-65-74(5)64-58-52-21-17-13-9-4/h26-27,29-30,74-77,82-96,101-108H,6-25,28,31-73H2,1-5H3,(H,109,110)/b29-26-,30-27-. The van der Waals surface area contributed by atoms with E-state index in [1.165, 1.54) is 167 Å². The third-order valence-electron chi connectivity index (χ3n) is 24.1. The number of carbonyl (C=O) groups is 4. The molecule has 2 heterocycles. The Morgan fingerprint density at radius 1 is 0.347 bits per heavy atom. The molecule has 3 rings (SSSR count). The Morgan fingerprint density at radius 2 is 0.669 bits per heavy atom. The van der Waals surface area contributed by atoms with Gasteiger partial charge in [0.05, 0.1) is 13.2 Å². The molecule has 121 heavy (non-hydrogen) atoms. The van der Waals surface area contributed by atoms with E-state index in [0.29, 0.717) is 44.4 Å². The molecule has 0 aromatic heterocycles. The molecule has 3 fully saturated rings. The van der Waals surface area contributed by atoms with Gasteiger partial charge in [0.2, 0.25) is 0 Å². The van der Waals surface area contributed by atoms with Gasteiger partial charge in [-0.3, -0.25) is 28.2 Å². The minimum absolute atomic E-state index is 0.0142. The lowest BCUT2D eigenvalue weighted by atomic mass is 9.84. The van der Waals surface area contributed by atoms with Gasteiger partial charge in [-0.05, 0) is 83.0 Å². The van der Waals surface area contributed by atoms with Gasteiger partial charge in [0.15, 0.2) is 24.8 Å². The van der Waals surface area contributed by atoms with E-state index >= 15 is 0 Å². The fraction of sp³-hybridized carbons (Fsp3) is 0.916. The third kappa shape index (κ3) is 52.9. The van der Waals surface area contributed by atoms with Gasteiger partial charge in [-0.2, -0.15) is 0 Å². The summed E-state index contributed by atoms with van der Waals surface area (Å²) in [5, 5.41) is 103. The number of aliphatic hydroxyl groups is 9. The molecule has 19 atom stereocenters. The molecule has 710 valence electrons. The second-order valence-electron chi connectivity index (χ2n) is 35.2. The predicted molar refractivity (Wildman–Crippen MR) is 472 cm³/mol. The molecule has 19 unspecified atom stereocenters. The largest absolute Gasteiger partial charge is 0.472 e. The van der Waals surface area contributed by atoms with Gasteiger partial charge >= 0.3 is 31.7 Å².